The zero-order valence-electron chi connectivity index (χ0n) is 22.3. The molecule has 0 spiro atoms. The number of hydroxylamine groups is 1. The topological polar surface area (TPSA) is 97.0 Å². The molecule has 0 aromatic heterocycles. The number of hydrogen-bond donors (Lipinski definition) is 2. The maximum absolute atomic E-state index is 13.7. The SMILES string of the molecule is CC(C)[C@@H]1NC(=O)[C@@H](CC(=O)NOC2CCCCO2)CCCC=CCCCN(Cc2ccccc2)C1=O. The van der Waals surface area contributed by atoms with Crippen molar-refractivity contribution >= 4 is 17.7 Å². The highest BCUT2D eigenvalue weighted by atomic mass is 16.8. The summed E-state index contributed by atoms with van der Waals surface area (Å²) in [6.45, 7) is 5.60. The van der Waals surface area contributed by atoms with Crippen molar-refractivity contribution in [1.82, 2.24) is 15.7 Å². The summed E-state index contributed by atoms with van der Waals surface area (Å²) >= 11 is 0. The number of amides is 3. The van der Waals surface area contributed by atoms with Gasteiger partial charge in [-0.3, -0.25) is 14.4 Å². The minimum absolute atomic E-state index is 0.00496. The van der Waals surface area contributed by atoms with E-state index in [1.54, 1.807) is 0 Å². The first kappa shape index (κ1) is 28.9. The molecule has 2 heterocycles. The number of allylic oxidation sites excluding steroid dienone is 2. The van der Waals surface area contributed by atoms with Gasteiger partial charge in [0.25, 0.3) is 0 Å². The zero-order chi connectivity index (χ0) is 26.5. The second-order valence-electron chi connectivity index (χ2n) is 10.4. The molecular weight excluding hydrogens is 470 g/mol. The number of rotatable bonds is 7. The highest BCUT2D eigenvalue weighted by Gasteiger charge is 2.32. The van der Waals surface area contributed by atoms with Crippen LogP contribution in [0.25, 0.3) is 0 Å². The van der Waals surface area contributed by atoms with Gasteiger partial charge in [-0.2, -0.15) is 0 Å². The van der Waals surface area contributed by atoms with Crippen molar-refractivity contribution < 1.29 is 24.0 Å². The summed E-state index contributed by atoms with van der Waals surface area (Å²) < 4.78 is 5.49. The van der Waals surface area contributed by atoms with Crippen molar-refractivity contribution in [3.05, 3.63) is 48.0 Å². The first-order valence-electron chi connectivity index (χ1n) is 13.8. The van der Waals surface area contributed by atoms with Crippen LogP contribution in [0, 0.1) is 11.8 Å². The molecule has 1 aromatic carbocycles. The molecule has 3 atom stereocenters. The van der Waals surface area contributed by atoms with Crippen molar-refractivity contribution in [3.63, 3.8) is 0 Å². The summed E-state index contributed by atoms with van der Waals surface area (Å²) in [5.74, 6) is -1.36. The third kappa shape index (κ3) is 9.93. The Morgan fingerprint density at radius 3 is 2.54 bits per heavy atom. The van der Waals surface area contributed by atoms with Gasteiger partial charge in [0.05, 0.1) is 0 Å². The maximum Gasteiger partial charge on any atom is 0.245 e. The van der Waals surface area contributed by atoms with Gasteiger partial charge in [0, 0.05) is 38.5 Å². The number of ether oxygens (including phenoxy) is 1. The van der Waals surface area contributed by atoms with Crippen LogP contribution in [-0.4, -0.2) is 48.1 Å². The molecule has 8 nitrogen and oxygen atoms in total. The van der Waals surface area contributed by atoms with Crippen LogP contribution < -0.4 is 10.8 Å². The second kappa shape index (κ2) is 15.5. The van der Waals surface area contributed by atoms with Crippen molar-refractivity contribution in [2.45, 2.75) is 90.5 Å². The van der Waals surface area contributed by atoms with E-state index in [9.17, 15) is 14.4 Å². The van der Waals surface area contributed by atoms with E-state index < -0.39 is 18.2 Å². The first-order valence-corrected chi connectivity index (χ1v) is 13.8. The highest BCUT2D eigenvalue weighted by Crippen LogP contribution is 2.19. The molecule has 1 aromatic rings. The van der Waals surface area contributed by atoms with Gasteiger partial charge in [-0.15, -0.1) is 0 Å². The number of carbonyl (C=O) groups is 3. The minimum Gasteiger partial charge on any atom is -0.350 e. The van der Waals surface area contributed by atoms with Gasteiger partial charge in [-0.25, -0.2) is 10.3 Å². The zero-order valence-corrected chi connectivity index (χ0v) is 22.3. The molecule has 2 aliphatic heterocycles. The summed E-state index contributed by atoms with van der Waals surface area (Å²) in [6, 6.07) is 9.25. The fraction of sp³-hybridized carbons (Fsp3) is 0.621. The van der Waals surface area contributed by atoms with Crippen LogP contribution >= 0.6 is 0 Å². The summed E-state index contributed by atoms with van der Waals surface area (Å²) in [5, 5.41) is 3.00. The lowest BCUT2D eigenvalue weighted by atomic mass is 9.94. The molecule has 3 amide bonds. The molecule has 1 fully saturated rings. The van der Waals surface area contributed by atoms with Gasteiger partial charge in [0.1, 0.15) is 6.04 Å². The Labute approximate surface area is 221 Å². The average Bonchev–Trinajstić information content (AvgIpc) is 2.90. The third-order valence-corrected chi connectivity index (χ3v) is 6.89. The third-order valence-electron chi connectivity index (χ3n) is 6.89. The molecule has 0 radical (unpaired) electrons. The summed E-state index contributed by atoms with van der Waals surface area (Å²) in [5.41, 5.74) is 3.52. The van der Waals surface area contributed by atoms with Crippen molar-refractivity contribution in [1.29, 1.82) is 0 Å². The lowest BCUT2D eigenvalue weighted by molar-refractivity contribution is -0.200. The maximum atomic E-state index is 13.7. The van der Waals surface area contributed by atoms with E-state index in [4.69, 9.17) is 9.57 Å². The Hall–Kier alpha value is -2.71. The van der Waals surface area contributed by atoms with Crippen LogP contribution in [0.5, 0.6) is 0 Å². The lowest BCUT2D eigenvalue weighted by Crippen LogP contribution is -2.52. The fourth-order valence-electron chi connectivity index (χ4n) is 4.70. The van der Waals surface area contributed by atoms with Crippen LogP contribution in [0.3, 0.4) is 0 Å². The molecular formula is C29H43N3O5. The standard InChI is InChI=1S/C29H43N3O5/c1-22(2)27-29(35)32(21-23-14-8-7-9-15-23)18-12-6-4-3-5-10-16-24(28(34)30-27)20-25(33)31-37-26-17-11-13-19-36-26/h3-4,7-9,14-15,22,24,26-27H,5-6,10-13,16-21H2,1-2H3,(H,30,34)(H,31,33)/t24-,26?,27+/m1/s1. The minimum atomic E-state index is -0.660. The van der Waals surface area contributed by atoms with Gasteiger partial charge >= 0.3 is 0 Å². The second-order valence-corrected chi connectivity index (χ2v) is 10.4. The molecule has 1 unspecified atom stereocenters. The fourth-order valence-corrected chi connectivity index (χ4v) is 4.70. The number of hydrogen-bond acceptors (Lipinski definition) is 5. The average molecular weight is 514 g/mol. The number of nitrogens with one attached hydrogen (secondary N) is 2. The molecule has 0 aliphatic carbocycles. The van der Waals surface area contributed by atoms with E-state index in [1.807, 2.05) is 49.1 Å². The molecule has 0 saturated carbocycles. The predicted octanol–water partition coefficient (Wildman–Crippen LogP) is 4.26. The summed E-state index contributed by atoms with van der Waals surface area (Å²) in [6.07, 6.45) is 10.5. The largest absolute Gasteiger partial charge is 0.350 e. The van der Waals surface area contributed by atoms with Crippen LogP contribution in [0.2, 0.25) is 0 Å². The van der Waals surface area contributed by atoms with E-state index in [-0.39, 0.29) is 30.1 Å². The highest BCUT2D eigenvalue weighted by molar-refractivity contribution is 5.90. The number of benzene rings is 1. The van der Waals surface area contributed by atoms with Crippen LogP contribution in [0.1, 0.15) is 77.2 Å². The van der Waals surface area contributed by atoms with Gasteiger partial charge in [-0.1, -0.05) is 56.3 Å². The number of carbonyl (C=O) groups excluding carboxylic acids is 3. The smallest absolute Gasteiger partial charge is 0.245 e. The van der Waals surface area contributed by atoms with Crippen molar-refractivity contribution in [2.24, 2.45) is 11.8 Å². The monoisotopic (exact) mass is 513 g/mol. The van der Waals surface area contributed by atoms with E-state index in [0.717, 1.165) is 50.5 Å². The molecule has 1 saturated heterocycles. The lowest BCUT2D eigenvalue weighted by Gasteiger charge is -2.31. The van der Waals surface area contributed by atoms with E-state index >= 15 is 0 Å². The van der Waals surface area contributed by atoms with Crippen LogP contribution in [0.4, 0.5) is 0 Å². The Bertz CT molecular complexity index is 883. The Morgan fingerprint density at radius 2 is 1.84 bits per heavy atom. The van der Waals surface area contributed by atoms with E-state index in [1.165, 1.54) is 0 Å². The quantitative estimate of drug-likeness (QED) is 0.420. The van der Waals surface area contributed by atoms with Crippen LogP contribution in [-0.2, 0) is 30.5 Å². The molecule has 2 N–H and O–H groups in total. The van der Waals surface area contributed by atoms with E-state index in [0.29, 0.717) is 26.1 Å². The molecule has 0 bridgehead atoms. The van der Waals surface area contributed by atoms with E-state index in [2.05, 4.69) is 22.9 Å². The summed E-state index contributed by atoms with van der Waals surface area (Å²) in [4.78, 5) is 47.0. The molecule has 2 aliphatic rings. The molecule has 204 valence electrons. The van der Waals surface area contributed by atoms with Gasteiger partial charge in [0.2, 0.25) is 17.7 Å². The van der Waals surface area contributed by atoms with Gasteiger partial charge in [-0.05, 0) is 56.4 Å². The van der Waals surface area contributed by atoms with Gasteiger partial charge in [0.15, 0.2) is 6.29 Å². The number of nitrogens with zero attached hydrogens (tertiary/aromatic N) is 1. The Balaban J connectivity index is 1.70. The molecule has 8 heteroatoms. The van der Waals surface area contributed by atoms with Crippen LogP contribution in [0.15, 0.2) is 42.5 Å². The summed E-state index contributed by atoms with van der Waals surface area (Å²) in [7, 11) is 0. The molecule has 3 rings (SSSR count). The van der Waals surface area contributed by atoms with Crippen molar-refractivity contribution in [2.75, 3.05) is 13.2 Å². The van der Waals surface area contributed by atoms with Gasteiger partial charge < -0.3 is 15.0 Å². The molecule has 37 heavy (non-hydrogen) atoms. The first-order chi connectivity index (χ1) is 17.9. The normalized spacial score (nSPS) is 24.4. The predicted molar refractivity (Wildman–Crippen MR) is 142 cm³/mol. The van der Waals surface area contributed by atoms with Crippen molar-refractivity contribution in [3.8, 4) is 0 Å². The Morgan fingerprint density at radius 1 is 1.08 bits per heavy atom. The Kier molecular flexibility index (Phi) is 12.1.